The predicted molar refractivity (Wildman–Crippen MR) is 163 cm³/mol. The van der Waals surface area contributed by atoms with Crippen molar-refractivity contribution in [3.05, 3.63) is 70.5 Å². The number of carbonyl (C=O) groups excluding carboxylic acids is 1. The zero-order valence-corrected chi connectivity index (χ0v) is 27.1. The summed E-state index contributed by atoms with van der Waals surface area (Å²) in [6.45, 7) is 8.54. The molecule has 264 valence electrons. The van der Waals surface area contributed by atoms with Gasteiger partial charge in [0.25, 0.3) is 0 Å². The van der Waals surface area contributed by atoms with Gasteiger partial charge in [0.2, 0.25) is 0 Å². The maximum absolute atomic E-state index is 14.0. The number of hydrogen-bond acceptors (Lipinski definition) is 7. The number of amidine groups is 1. The monoisotopic (exact) mass is 687 g/mol. The van der Waals surface area contributed by atoms with Crippen LogP contribution in [0.5, 0.6) is 0 Å². The fourth-order valence-electron chi connectivity index (χ4n) is 6.44. The van der Waals surface area contributed by atoms with E-state index in [1.807, 2.05) is 4.90 Å². The number of piperidine rings is 2. The van der Waals surface area contributed by atoms with Crippen molar-refractivity contribution in [1.82, 2.24) is 20.8 Å². The van der Waals surface area contributed by atoms with E-state index in [9.17, 15) is 35.5 Å². The van der Waals surface area contributed by atoms with Gasteiger partial charge < -0.3 is 19.7 Å². The lowest BCUT2D eigenvalue weighted by Gasteiger charge is -2.44. The second-order valence-electron chi connectivity index (χ2n) is 13.6. The Morgan fingerprint density at radius 2 is 1.60 bits per heavy atom. The molecule has 2 aromatic carbocycles. The zero-order valence-electron chi connectivity index (χ0n) is 27.1. The van der Waals surface area contributed by atoms with Crippen molar-refractivity contribution in [2.75, 3.05) is 19.6 Å². The van der Waals surface area contributed by atoms with Gasteiger partial charge in [-0.05, 0) is 101 Å². The number of ether oxygens (including phenoxy) is 2. The smallest absolute Gasteiger partial charge is 0.428 e. The minimum Gasteiger partial charge on any atom is -0.443 e. The third kappa shape index (κ3) is 8.70. The molecule has 3 heterocycles. The Bertz CT molecular complexity index is 1440. The van der Waals surface area contributed by atoms with Gasteiger partial charge in [0.1, 0.15) is 23.4 Å². The van der Waals surface area contributed by atoms with E-state index < -0.39 is 65.3 Å². The SMILES string of the molecule is C[C@@H](O[C@H]1CC2N(NC(=O)OC(C)(C)C)N=C(CC3CCNCC3)N2C[C@@H]1c1ccc(F)cc1)c1cc(C(F)(F)F)cc(C(F)(F)F)c1. The number of hydrazone groups is 1. The van der Waals surface area contributed by atoms with Gasteiger partial charge in [0, 0.05) is 25.3 Å². The highest BCUT2D eigenvalue weighted by Gasteiger charge is 2.46. The Morgan fingerprint density at radius 1 is 1.00 bits per heavy atom. The molecule has 1 unspecified atom stereocenters. The largest absolute Gasteiger partial charge is 0.443 e. The summed E-state index contributed by atoms with van der Waals surface area (Å²) in [5.41, 5.74) is -0.604. The first-order valence-corrected chi connectivity index (χ1v) is 15.9. The van der Waals surface area contributed by atoms with Gasteiger partial charge in [-0.25, -0.2) is 14.6 Å². The van der Waals surface area contributed by atoms with E-state index in [2.05, 4.69) is 10.7 Å². The van der Waals surface area contributed by atoms with Crippen LogP contribution < -0.4 is 10.7 Å². The van der Waals surface area contributed by atoms with E-state index in [1.54, 1.807) is 32.9 Å². The molecule has 0 saturated carbocycles. The van der Waals surface area contributed by atoms with Crippen LogP contribution in [0.3, 0.4) is 0 Å². The second kappa shape index (κ2) is 13.7. The van der Waals surface area contributed by atoms with Gasteiger partial charge in [-0.3, -0.25) is 0 Å². The number of carbonyl (C=O) groups is 1. The first-order chi connectivity index (χ1) is 22.4. The molecule has 4 atom stereocenters. The lowest BCUT2D eigenvalue weighted by Crippen LogP contribution is -2.57. The lowest BCUT2D eigenvalue weighted by molar-refractivity contribution is -0.143. The molecule has 3 aliphatic rings. The molecular weight excluding hydrogens is 647 g/mol. The molecule has 48 heavy (non-hydrogen) atoms. The number of amides is 1. The van der Waals surface area contributed by atoms with Crippen LogP contribution in [0.25, 0.3) is 0 Å². The van der Waals surface area contributed by atoms with E-state index in [0.29, 0.717) is 35.9 Å². The normalized spacial score (nSPS) is 23.1. The van der Waals surface area contributed by atoms with Crippen LogP contribution in [0.2, 0.25) is 0 Å². The summed E-state index contributed by atoms with van der Waals surface area (Å²) in [5, 5.41) is 9.49. The lowest BCUT2D eigenvalue weighted by atomic mass is 9.85. The Labute approximate surface area is 274 Å². The summed E-state index contributed by atoms with van der Waals surface area (Å²) in [7, 11) is 0. The number of nitrogens with zero attached hydrogens (tertiary/aromatic N) is 3. The van der Waals surface area contributed by atoms with E-state index in [1.165, 1.54) is 24.2 Å². The molecule has 0 aromatic heterocycles. The number of benzene rings is 2. The van der Waals surface area contributed by atoms with E-state index >= 15 is 0 Å². The first-order valence-electron chi connectivity index (χ1n) is 15.9. The van der Waals surface area contributed by atoms with Gasteiger partial charge in [0.05, 0.1) is 23.3 Å². The molecule has 2 aromatic rings. The molecular formula is C33H40F7N5O3. The van der Waals surface area contributed by atoms with Gasteiger partial charge in [0.15, 0.2) is 0 Å². The number of rotatable bonds is 7. The van der Waals surface area contributed by atoms with Crippen LogP contribution >= 0.6 is 0 Å². The number of hydrogen-bond donors (Lipinski definition) is 2. The molecule has 3 aliphatic heterocycles. The summed E-state index contributed by atoms with van der Waals surface area (Å²) in [5.74, 6) is 0.101. The Morgan fingerprint density at radius 3 is 2.17 bits per heavy atom. The van der Waals surface area contributed by atoms with E-state index in [4.69, 9.17) is 14.6 Å². The van der Waals surface area contributed by atoms with Crippen molar-refractivity contribution in [2.24, 2.45) is 11.0 Å². The summed E-state index contributed by atoms with van der Waals surface area (Å²) in [4.78, 5) is 14.9. The molecule has 1 amide bonds. The second-order valence-corrected chi connectivity index (χ2v) is 13.6. The van der Waals surface area contributed by atoms with Crippen LogP contribution in [0.1, 0.15) is 87.7 Å². The summed E-state index contributed by atoms with van der Waals surface area (Å²) in [6.07, 6.45) is -10.7. The fraction of sp³-hybridized carbons (Fsp3) is 0.576. The van der Waals surface area contributed by atoms with Crippen LogP contribution in [0, 0.1) is 11.7 Å². The van der Waals surface area contributed by atoms with E-state index in [-0.39, 0.29) is 24.6 Å². The fourth-order valence-corrected chi connectivity index (χ4v) is 6.44. The maximum atomic E-state index is 14.0. The summed E-state index contributed by atoms with van der Waals surface area (Å²) >= 11 is 0. The van der Waals surface area contributed by atoms with Gasteiger partial charge in [-0.1, -0.05) is 12.1 Å². The topological polar surface area (TPSA) is 78.4 Å². The first kappa shape index (κ1) is 35.7. The average Bonchev–Trinajstić information content (AvgIpc) is 3.30. The zero-order chi connectivity index (χ0) is 35.0. The van der Waals surface area contributed by atoms with Gasteiger partial charge in [-0.15, -0.1) is 5.10 Å². The predicted octanol–water partition coefficient (Wildman–Crippen LogP) is 7.58. The van der Waals surface area contributed by atoms with Crippen LogP contribution in [0.15, 0.2) is 47.6 Å². The minimum atomic E-state index is -5.02. The standard InChI is InChI=1S/C33H40F7N5O3/c1-19(22-14-23(32(35,36)37)16-24(15-22)33(38,39)40)47-27-17-29-44(18-26(27)21-5-7-25(34)8-6-21)28(13-20-9-11-41-12-10-20)42-45(29)43-30(46)48-31(2,3)4/h5-8,14-16,19-20,26-27,29,41H,9-13,17-18H2,1-4H3,(H,43,46)/t19-,26-,27+,29?/m1/s1. The quantitative estimate of drug-likeness (QED) is 0.293. The highest BCUT2D eigenvalue weighted by atomic mass is 19.4. The summed E-state index contributed by atoms with van der Waals surface area (Å²) in [6, 6.07) is 7.15. The molecule has 0 spiro atoms. The van der Waals surface area contributed by atoms with E-state index in [0.717, 1.165) is 25.9 Å². The molecule has 5 rings (SSSR count). The van der Waals surface area contributed by atoms with Crippen LogP contribution in [0.4, 0.5) is 35.5 Å². The molecule has 0 radical (unpaired) electrons. The minimum absolute atomic E-state index is 0.0794. The molecule has 0 bridgehead atoms. The van der Waals surface area contributed by atoms with Gasteiger partial charge in [-0.2, -0.15) is 31.5 Å². The number of alkyl halides is 6. The highest BCUT2D eigenvalue weighted by Crippen LogP contribution is 2.42. The third-order valence-corrected chi connectivity index (χ3v) is 8.77. The molecule has 2 saturated heterocycles. The number of halogens is 7. The van der Waals surface area contributed by atoms with Crippen molar-refractivity contribution in [3.63, 3.8) is 0 Å². The Balaban J connectivity index is 1.48. The Kier molecular flexibility index (Phi) is 10.2. The number of hydrazine groups is 1. The van der Waals surface area contributed by atoms with Crippen molar-refractivity contribution >= 4 is 11.9 Å². The molecule has 2 N–H and O–H groups in total. The number of fused-ring (bicyclic) bond motifs is 1. The molecule has 8 nitrogen and oxygen atoms in total. The number of nitrogens with one attached hydrogen (secondary N) is 2. The molecule has 15 heteroatoms. The van der Waals surface area contributed by atoms with Gasteiger partial charge >= 0.3 is 18.4 Å². The molecule has 2 fully saturated rings. The highest BCUT2D eigenvalue weighted by molar-refractivity contribution is 5.84. The van der Waals surface area contributed by atoms with Crippen LogP contribution in [-0.2, 0) is 21.8 Å². The van der Waals surface area contributed by atoms with Crippen molar-refractivity contribution in [3.8, 4) is 0 Å². The van der Waals surface area contributed by atoms with Crippen molar-refractivity contribution < 1.29 is 45.0 Å². The maximum Gasteiger partial charge on any atom is 0.428 e. The Hall–Kier alpha value is -3.59. The molecule has 0 aliphatic carbocycles. The average molecular weight is 688 g/mol. The summed E-state index contributed by atoms with van der Waals surface area (Å²) < 4.78 is 108. The van der Waals surface area contributed by atoms with Crippen LogP contribution in [-0.4, -0.2) is 59.5 Å². The third-order valence-electron chi connectivity index (χ3n) is 8.77. The van der Waals surface area contributed by atoms with Crippen molar-refractivity contribution in [2.45, 2.75) is 95.6 Å². The van der Waals surface area contributed by atoms with Crippen molar-refractivity contribution in [1.29, 1.82) is 0 Å².